The van der Waals surface area contributed by atoms with Crippen molar-refractivity contribution in [3.63, 3.8) is 0 Å². The van der Waals surface area contributed by atoms with E-state index in [0.29, 0.717) is 43.1 Å². The molecule has 12 nitrogen and oxygen atoms in total. The van der Waals surface area contributed by atoms with E-state index in [-0.39, 0.29) is 46.8 Å². The average Bonchev–Trinajstić information content (AvgIpc) is 3.26. The molecule has 0 aliphatic carbocycles. The fraction of sp³-hybridized carbons (Fsp3) is 0.286. The molecule has 302 valence electrons. The maximum atomic E-state index is 13.9. The number of rotatable bonds is 11. The molecular formula is C42H43F2N7O5S2. The number of amides is 3. The zero-order valence-electron chi connectivity index (χ0n) is 32.0. The van der Waals surface area contributed by atoms with E-state index in [1.807, 2.05) is 48.9 Å². The molecule has 3 amide bonds. The van der Waals surface area contributed by atoms with E-state index in [2.05, 4.69) is 30.9 Å². The van der Waals surface area contributed by atoms with Gasteiger partial charge >= 0.3 is 0 Å². The molecule has 2 fully saturated rings. The standard InChI is InChI=1S/C24H23FN4O3S.C18H20FN3O2S/c1-33-19-6-4-5-18(14-19)32-23-20(13-16(25)15-27-23)22(30)28-17-8-11-29(12-9-17)24(31)21-7-2-3-10-26-21;1-25-15-4-2-3-14(10-15)24-18-16(9-12(19)11-21-18)17(23)22-13-5-7-20-8-6-13/h2-7,10,13-15,17H,8-9,11-12H2,1H3,(H,28,30);2-4,9-11,13,20H,5-8H2,1H3,(H,22,23). The van der Waals surface area contributed by atoms with Gasteiger partial charge in [0.2, 0.25) is 11.8 Å². The minimum atomic E-state index is -0.624. The van der Waals surface area contributed by atoms with Crippen LogP contribution < -0.4 is 25.4 Å². The zero-order chi connectivity index (χ0) is 40.9. The Morgan fingerprint density at radius 2 is 1.21 bits per heavy atom. The summed E-state index contributed by atoms with van der Waals surface area (Å²) < 4.78 is 39.1. The number of nitrogens with one attached hydrogen (secondary N) is 3. The number of piperidine rings is 2. The van der Waals surface area contributed by atoms with Crippen LogP contribution in [-0.2, 0) is 0 Å². The van der Waals surface area contributed by atoms with Crippen molar-refractivity contribution in [3.05, 3.63) is 126 Å². The number of hydrogen-bond donors (Lipinski definition) is 3. The van der Waals surface area contributed by atoms with Crippen LogP contribution in [0, 0.1) is 11.6 Å². The molecule has 5 aromatic rings. The highest BCUT2D eigenvalue weighted by atomic mass is 32.2. The summed E-state index contributed by atoms with van der Waals surface area (Å²) in [5.74, 6) is -0.943. The van der Waals surface area contributed by atoms with Crippen molar-refractivity contribution in [1.82, 2.24) is 35.8 Å². The van der Waals surface area contributed by atoms with Gasteiger partial charge in [-0.25, -0.2) is 18.7 Å². The number of nitrogens with zero attached hydrogens (tertiary/aromatic N) is 4. The van der Waals surface area contributed by atoms with Gasteiger partial charge in [0.25, 0.3) is 17.7 Å². The molecule has 2 aliphatic rings. The fourth-order valence-corrected chi connectivity index (χ4v) is 7.16. The molecule has 2 saturated heterocycles. The third-order valence-electron chi connectivity index (χ3n) is 9.31. The quantitative estimate of drug-likeness (QED) is 0.115. The molecule has 0 radical (unpaired) electrons. The normalized spacial score (nSPS) is 14.4. The van der Waals surface area contributed by atoms with Crippen molar-refractivity contribution in [1.29, 1.82) is 0 Å². The molecule has 0 saturated carbocycles. The van der Waals surface area contributed by atoms with Crippen LogP contribution in [0.4, 0.5) is 8.78 Å². The monoisotopic (exact) mass is 827 g/mol. The van der Waals surface area contributed by atoms with Crippen molar-refractivity contribution in [3.8, 4) is 23.3 Å². The van der Waals surface area contributed by atoms with E-state index in [4.69, 9.17) is 9.47 Å². The lowest BCUT2D eigenvalue weighted by molar-refractivity contribution is 0.0691. The Bertz CT molecular complexity index is 2190. The SMILES string of the molecule is CSc1cccc(Oc2ncc(F)cc2C(=O)NC2CCN(C(=O)c3ccccn3)CC2)c1.CSc1cccc(Oc2ncc(F)cc2C(=O)NC2CCNCC2)c1. The number of halogens is 2. The van der Waals surface area contributed by atoms with Crippen LogP contribution in [0.3, 0.4) is 0 Å². The first-order valence-electron chi connectivity index (χ1n) is 18.7. The van der Waals surface area contributed by atoms with Gasteiger partial charge in [-0.05, 0) is 112 Å². The molecule has 0 bridgehead atoms. The molecule has 0 atom stereocenters. The molecule has 2 aromatic carbocycles. The van der Waals surface area contributed by atoms with Crippen molar-refractivity contribution >= 4 is 41.2 Å². The third kappa shape index (κ3) is 11.7. The van der Waals surface area contributed by atoms with Crippen LogP contribution in [0.25, 0.3) is 0 Å². The summed E-state index contributed by atoms with van der Waals surface area (Å²) in [6, 6.07) is 22.2. The largest absolute Gasteiger partial charge is 0.438 e. The number of carbonyl (C=O) groups excluding carboxylic acids is 3. The van der Waals surface area contributed by atoms with Crippen LogP contribution in [0.15, 0.2) is 107 Å². The number of thioether (sulfide) groups is 2. The van der Waals surface area contributed by atoms with E-state index in [9.17, 15) is 23.2 Å². The predicted octanol–water partition coefficient (Wildman–Crippen LogP) is 7.38. The lowest BCUT2D eigenvalue weighted by atomic mass is 10.0. The third-order valence-corrected chi connectivity index (χ3v) is 10.8. The fourth-order valence-electron chi connectivity index (χ4n) is 6.26. The average molecular weight is 828 g/mol. The minimum Gasteiger partial charge on any atom is -0.438 e. The summed E-state index contributed by atoms with van der Waals surface area (Å²) in [4.78, 5) is 53.9. The maximum Gasteiger partial charge on any atom is 0.272 e. The van der Waals surface area contributed by atoms with Gasteiger partial charge in [-0.15, -0.1) is 23.5 Å². The first-order valence-corrected chi connectivity index (χ1v) is 21.1. The molecule has 0 unspecified atom stereocenters. The van der Waals surface area contributed by atoms with Crippen molar-refractivity contribution < 1.29 is 32.6 Å². The zero-order valence-corrected chi connectivity index (χ0v) is 33.6. The number of hydrogen-bond acceptors (Lipinski definition) is 11. The topological polar surface area (TPSA) is 148 Å². The summed E-state index contributed by atoms with van der Waals surface area (Å²) in [6.07, 6.45) is 10.4. The lowest BCUT2D eigenvalue weighted by Crippen LogP contribution is -2.46. The van der Waals surface area contributed by atoms with Gasteiger partial charge in [0.1, 0.15) is 40.0 Å². The number of carbonyl (C=O) groups is 3. The molecule has 5 heterocycles. The summed E-state index contributed by atoms with van der Waals surface area (Å²) in [7, 11) is 0. The van der Waals surface area contributed by atoms with Crippen molar-refractivity contribution in [2.24, 2.45) is 0 Å². The van der Waals surface area contributed by atoms with E-state index in [0.717, 1.165) is 60.2 Å². The molecular weight excluding hydrogens is 785 g/mol. The molecule has 7 rings (SSSR count). The first-order chi connectivity index (χ1) is 28.2. The van der Waals surface area contributed by atoms with Crippen molar-refractivity contribution in [2.75, 3.05) is 38.7 Å². The lowest BCUT2D eigenvalue weighted by Gasteiger charge is -2.32. The van der Waals surface area contributed by atoms with E-state index < -0.39 is 17.5 Å². The number of likely N-dealkylation sites (tertiary alicyclic amines) is 1. The molecule has 2 aliphatic heterocycles. The number of benzene rings is 2. The Labute approximate surface area is 343 Å². The van der Waals surface area contributed by atoms with Crippen LogP contribution >= 0.6 is 23.5 Å². The molecule has 3 N–H and O–H groups in total. The summed E-state index contributed by atoms with van der Waals surface area (Å²) in [5.41, 5.74) is 0.530. The highest BCUT2D eigenvalue weighted by molar-refractivity contribution is 7.98. The Balaban J connectivity index is 0.000000203. The van der Waals surface area contributed by atoms with Gasteiger partial charge in [-0.1, -0.05) is 18.2 Å². The highest BCUT2D eigenvalue weighted by Crippen LogP contribution is 2.29. The van der Waals surface area contributed by atoms with Crippen LogP contribution in [0.2, 0.25) is 0 Å². The highest BCUT2D eigenvalue weighted by Gasteiger charge is 2.27. The Morgan fingerprint density at radius 3 is 1.69 bits per heavy atom. The molecule has 3 aromatic heterocycles. The van der Waals surface area contributed by atoms with Gasteiger partial charge in [0.15, 0.2) is 0 Å². The van der Waals surface area contributed by atoms with Gasteiger partial charge in [0.05, 0.1) is 12.4 Å². The first kappa shape index (κ1) is 42.0. The van der Waals surface area contributed by atoms with E-state index >= 15 is 0 Å². The van der Waals surface area contributed by atoms with Gasteiger partial charge in [-0.2, -0.15) is 0 Å². The molecule has 0 spiro atoms. The molecule has 16 heteroatoms. The smallest absolute Gasteiger partial charge is 0.272 e. The Kier molecular flexibility index (Phi) is 15.0. The maximum absolute atomic E-state index is 13.9. The van der Waals surface area contributed by atoms with Crippen LogP contribution in [0.5, 0.6) is 23.3 Å². The van der Waals surface area contributed by atoms with Crippen LogP contribution in [0.1, 0.15) is 56.9 Å². The number of aromatic nitrogens is 3. The van der Waals surface area contributed by atoms with Gasteiger partial charge < -0.3 is 30.3 Å². The molecule has 58 heavy (non-hydrogen) atoms. The Hall–Kier alpha value is -5.58. The summed E-state index contributed by atoms with van der Waals surface area (Å²) in [6.45, 7) is 2.70. The number of ether oxygens (including phenoxy) is 2. The summed E-state index contributed by atoms with van der Waals surface area (Å²) in [5, 5.41) is 9.11. The van der Waals surface area contributed by atoms with Crippen molar-refractivity contribution in [2.45, 2.75) is 47.6 Å². The second-order valence-corrected chi connectivity index (χ2v) is 15.1. The second kappa shape index (κ2) is 20.7. The van der Waals surface area contributed by atoms with Gasteiger partial charge in [0, 0.05) is 41.2 Å². The minimum absolute atomic E-state index is 0.0246. The van der Waals surface area contributed by atoms with Crippen LogP contribution in [-0.4, -0.2) is 88.3 Å². The number of pyridine rings is 3. The predicted molar refractivity (Wildman–Crippen MR) is 219 cm³/mol. The van der Waals surface area contributed by atoms with E-state index in [1.54, 1.807) is 65.0 Å². The second-order valence-electron chi connectivity index (χ2n) is 13.3. The summed E-state index contributed by atoms with van der Waals surface area (Å²) >= 11 is 3.14. The van der Waals surface area contributed by atoms with Gasteiger partial charge in [-0.3, -0.25) is 19.4 Å². The Morgan fingerprint density at radius 1 is 0.690 bits per heavy atom. The van der Waals surface area contributed by atoms with E-state index in [1.165, 1.54) is 0 Å².